The van der Waals surface area contributed by atoms with Crippen LogP contribution in [0, 0.1) is 6.92 Å². The normalized spacial score (nSPS) is 11.4. The summed E-state index contributed by atoms with van der Waals surface area (Å²) in [5.41, 5.74) is 3.41. The average Bonchev–Trinajstić information content (AvgIpc) is 2.77. The van der Waals surface area contributed by atoms with Gasteiger partial charge in [-0.15, -0.1) is 0 Å². The fourth-order valence-electron chi connectivity index (χ4n) is 2.70. The lowest BCUT2D eigenvalue weighted by Gasteiger charge is -1.99. The third-order valence-electron chi connectivity index (χ3n) is 4.02. The van der Waals surface area contributed by atoms with Crippen molar-refractivity contribution in [3.63, 3.8) is 0 Å². The Kier molecular flexibility index (Phi) is 4.09. The third-order valence-corrected chi connectivity index (χ3v) is 4.55. The van der Waals surface area contributed by atoms with Gasteiger partial charge >= 0.3 is 0 Å². The largest absolute Gasteiger partial charge is 0.508 e. The quantitative estimate of drug-likeness (QED) is 0.529. The Hall–Kier alpha value is -2.33. The van der Waals surface area contributed by atoms with Crippen LogP contribution in [0.25, 0.3) is 17.0 Å². The fourth-order valence-corrected chi connectivity index (χ4v) is 2.96. The number of allylic oxidation sites excluding steroid dienone is 1. The van der Waals surface area contributed by atoms with Crippen molar-refractivity contribution in [1.82, 2.24) is 4.57 Å². The Balaban J connectivity index is 2.02. The van der Waals surface area contributed by atoms with Crippen LogP contribution >= 0.6 is 15.9 Å². The highest BCUT2D eigenvalue weighted by atomic mass is 79.9. The highest BCUT2D eigenvalue weighted by Crippen LogP contribution is 2.28. The van der Waals surface area contributed by atoms with Gasteiger partial charge in [-0.2, -0.15) is 0 Å². The minimum Gasteiger partial charge on any atom is -0.508 e. The number of carbonyl (C=O) groups excluding carboxylic acids is 1. The molecular formula is C19H16BrNO2. The number of benzene rings is 2. The van der Waals surface area contributed by atoms with Gasteiger partial charge in [-0.05, 0) is 48.9 Å². The number of hydrogen-bond acceptors (Lipinski definition) is 2. The third kappa shape index (κ3) is 2.94. The molecule has 0 unspecified atom stereocenters. The zero-order chi connectivity index (χ0) is 16.6. The van der Waals surface area contributed by atoms with Gasteiger partial charge in [0.15, 0.2) is 5.78 Å². The molecule has 116 valence electrons. The number of aromatic nitrogens is 1. The SMILES string of the molecule is Cc1c(C(=O)/C=C/c2ccc(Br)cc2)c2cc(O)ccc2n1C. The topological polar surface area (TPSA) is 42.2 Å². The van der Waals surface area contributed by atoms with Gasteiger partial charge in [0.05, 0.1) is 5.56 Å². The average molecular weight is 370 g/mol. The van der Waals surface area contributed by atoms with Crippen molar-refractivity contribution in [2.75, 3.05) is 0 Å². The van der Waals surface area contributed by atoms with Gasteiger partial charge in [-0.25, -0.2) is 0 Å². The number of halogens is 1. The number of rotatable bonds is 3. The number of phenolic OH excluding ortho intramolecular Hbond substituents is 1. The predicted octanol–water partition coefficient (Wildman–Crippen LogP) is 4.85. The second-order valence-corrected chi connectivity index (χ2v) is 6.39. The molecule has 3 rings (SSSR count). The Morgan fingerprint density at radius 3 is 2.57 bits per heavy atom. The molecule has 0 bridgehead atoms. The van der Waals surface area contributed by atoms with Crippen molar-refractivity contribution in [2.45, 2.75) is 6.92 Å². The Morgan fingerprint density at radius 2 is 1.87 bits per heavy atom. The molecule has 0 spiro atoms. The van der Waals surface area contributed by atoms with E-state index in [4.69, 9.17) is 0 Å². The van der Waals surface area contributed by atoms with Crippen molar-refractivity contribution < 1.29 is 9.90 Å². The molecule has 1 N–H and O–H groups in total. The summed E-state index contributed by atoms with van der Waals surface area (Å²) in [7, 11) is 1.92. The number of carbonyl (C=O) groups is 1. The zero-order valence-corrected chi connectivity index (χ0v) is 14.5. The molecule has 3 nitrogen and oxygen atoms in total. The Morgan fingerprint density at radius 1 is 1.17 bits per heavy atom. The molecule has 0 atom stereocenters. The van der Waals surface area contributed by atoms with Gasteiger partial charge in [-0.1, -0.05) is 34.1 Å². The van der Waals surface area contributed by atoms with E-state index in [0.29, 0.717) is 5.56 Å². The van der Waals surface area contributed by atoms with Crippen LogP contribution in [0.4, 0.5) is 0 Å². The molecular weight excluding hydrogens is 354 g/mol. The van der Waals surface area contributed by atoms with Crippen molar-refractivity contribution in [1.29, 1.82) is 0 Å². The van der Waals surface area contributed by atoms with Gasteiger partial charge < -0.3 is 9.67 Å². The highest BCUT2D eigenvalue weighted by molar-refractivity contribution is 9.10. The van der Waals surface area contributed by atoms with Crippen LogP contribution in [0.15, 0.2) is 53.0 Å². The molecule has 0 radical (unpaired) electrons. The summed E-state index contributed by atoms with van der Waals surface area (Å²) in [6.07, 6.45) is 3.38. The van der Waals surface area contributed by atoms with Crippen LogP contribution in [0.2, 0.25) is 0 Å². The van der Waals surface area contributed by atoms with E-state index >= 15 is 0 Å². The lowest BCUT2D eigenvalue weighted by molar-refractivity contribution is 0.104. The summed E-state index contributed by atoms with van der Waals surface area (Å²) in [5.74, 6) is 0.0932. The van der Waals surface area contributed by atoms with Gasteiger partial charge in [0.1, 0.15) is 5.75 Å². The molecule has 0 aliphatic heterocycles. The van der Waals surface area contributed by atoms with Crippen LogP contribution in [0.5, 0.6) is 5.75 Å². The van der Waals surface area contributed by atoms with Crippen molar-refractivity contribution in [3.05, 3.63) is 69.8 Å². The van der Waals surface area contributed by atoms with Crippen LogP contribution in [-0.2, 0) is 7.05 Å². The smallest absolute Gasteiger partial charge is 0.188 e. The summed E-state index contributed by atoms with van der Waals surface area (Å²) < 4.78 is 2.97. The van der Waals surface area contributed by atoms with Crippen LogP contribution < -0.4 is 0 Å². The highest BCUT2D eigenvalue weighted by Gasteiger charge is 2.17. The Labute approximate surface area is 143 Å². The summed E-state index contributed by atoms with van der Waals surface area (Å²) >= 11 is 3.39. The van der Waals surface area contributed by atoms with Gasteiger partial charge in [-0.3, -0.25) is 4.79 Å². The van der Waals surface area contributed by atoms with Crippen LogP contribution in [-0.4, -0.2) is 15.5 Å². The summed E-state index contributed by atoms with van der Waals surface area (Å²) in [5, 5.41) is 10.5. The monoisotopic (exact) mass is 369 g/mol. The molecule has 0 aliphatic rings. The predicted molar refractivity (Wildman–Crippen MR) is 96.8 cm³/mol. The zero-order valence-electron chi connectivity index (χ0n) is 12.9. The maximum atomic E-state index is 12.7. The lowest BCUT2D eigenvalue weighted by atomic mass is 10.1. The number of aryl methyl sites for hydroxylation is 1. The number of ketones is 1. The lowest BCUT2D eigenvalue weighted by Crippen LogP contribution is -1.98. The van der Waals surface area contributed by atoms with E-state index in [2.05, 4.69) is 15.9 Å². The molecule has 0 saturated carbocycles. The second kappa shape index (κ2) is 6.05. The molecule has 4 heteroatoms. The van der Waals surface area contributed by atoms with Crippen LogP contribution in [0.3, 0.4) is 0 Å². The van der Waals surface area contributed by atoms with E-state index in [0.717, 1.165) is 26.6 Å². The molecule has 2 aromatic carbocycles. The van der Waals surface area contributed by atoms with E-state index < -0.39 is 0 Å². The van der Waals surface area contributed by atoms with Crippen molar-refractivity contribution in [3.8, 4) is 5.75 Å². The van der Waals surface area contributed by atoms with Gasteiger partial charge in [0, 0.05) is 28.1 Å². The van der Waals surface area contributed by atoms with Gasteiger partial charge in [0.2, 0.25) is 0 Å². The maximum absolute atomic E-state index is 12.7. The molecule has 1 aromatic heterocycles. The molecule has 0 aliphatic carbocycles. The minimum absolute atomic E-state index is 0.0679. The van der Waals surface area contributed by atoms with E-state index in [1.54, 1.807) is 24.3 Å². The molecule has 0 fully saturated rings. The molecule has 0 amide bonds. The molecule has 1 heterocycles. The molecule has 23 heavy (non-hydrogen) atoms. The summed E-state index contributed by atoms with van der Waals surface area (Å²) in [6.45, 7) is 1.91. The number of hydrogen-bond donors (Lipinski definition) is 1. The summed E-state index contributed by atoms with van der Waals surface area (Å²) in [6, 6.07) is 12.9. The van der Waals surface area contributed by atoms with E-state index in [1.807, 2.05) is 48.9 Å². The van der Waals surface area contributed by atoms with Crippen molar-refractivity contribution in [2.24, 2.45) is 7.05 Å². The van der Waals surface area contributed by atoms with Crippen LogP contribution in [0.1, 0.15) is 21.6 Å². The van der Waals surface area contributed by atoms with E-state index in [-0.39, 0.29) is 11.5 Å². The number of phenols is 1. The van der Waals surface area contributed by atoms with E-state index in [1.165, 1.54) is 0 Å². The standard InChI is InChI=1S/C19H16BrNO2/c1-12-19(16-11-15(22)8-9-17(16)21(12)2)18(23)10-5-13-3-6-14(20)7-4-13/h3-11,22H,1-2H3/b10-5+. The first kappa shape index (κ1) is 15.6. The van der Waals surface area contributed by atoms with Gasteiger partial charge in [0.25, 0.3) is 0 Å². The number of aromatic hydroxyl groups is 1. The molecule has 3 aromatic rings. The fraction of sp³-hybridized carbons (Fsp3) is 0.105. The minimum atomic E-state index is -0.0679. The number of fused-ring (bicyclic) bond motifs is 1. The van der Waals surface area contributed by atoms with E-state index in [9.17, 15) is 9.90 Å². The second-order valence-electron chi connectivity index (χ2n) is 5.47. The number of nitrogens with zero attached hydrogens (tertiary/aromatic N) is 1. The Bertz CT molecular complexity index is 921. The maximum Gasteiger partial charge on any atom is 0.188 e. The molecule has 0 saturated heterocycles. The summed E-state index contributed by atoms with van der Waals surface area (Å²) in [4.78, 5) is 12.7. The first-order valence-corrected chi connectivity index (χ1v) is 8.02. The first-order chi connectivity index (χ1) is 11.0. The first-order valence-electron chi connectivity index (χ1n) is 7.23. The van der Waals surface area contributed by atoms with Crippen molar-refractivity contribution >= 4 is 38.7 Å².